The average Bonchev–Trinajstić information content (AvgIpc) is 2.77. The van der Waals surface area contributed by atoms with Gasteiger partial charge in [-0.15, -0.1) is 0 Å². The molecule has 1 aromatic carbocycles. The number of carbonyl (C=O) groups excluding carboxylic acids is 1. The van der Waals surface area contributed by atoms with Gasteiger partial charge in [0.2, 0.25) is 0 Å². The molecule has 126 valence electrons. The number of hydrogen-bond acceptors (Lipinski definition) is 3. The van der Waals surface area contributed by atoms with Gasteiger partial charge < -0.3 is 10.1 Å². The molecule has 1 aliphatic rings. The normalized spacial score (nSPS) is 15.2. The second-order valence-corrected chi connectivity index (χ2v) is 8.30. The van der Waals surface area contributed by atoms with Gasteiger partial charge in [-0.05, 0) is 56.9 Å². The molecule has 1 aliphatic heterocycles. The second kappa shape index (κ2) is 7.04. The van der Waals surface area contributed by atoms with Crippen molar-refractivity contribution in [3.63, 3.8) is 0 Å². The third kappa shape index (κ3) is 5.34. The first kappa shape index (κ1) is 18.0. The van der Waals surface area contributed by atoms with Gasteiger partial charge in [0.15, 0.2) is 0 Å². The van der Waals surface area contributed by atoms with Crippen LogP contribution in [0.3, 0.4) is 0 Å². The Morgan fingerprint density at radius 2 is 2.09 bits per heavy atom. The molecule has 1 amide bonds. The Balaban J connectivity index is 2.12. The zero-order valence-corrected chi connectivity index (χ0v) is 16.0. The van der Waals surface area contributed by atoms with E-state index in [-0.39, 0.29) is 12.1 Å². The summed E-state index contributed by atoms with van der Waals surface area (Å²) in [5.41, 5.74) is 2.67. The van der Waals surface area contributed by atoms with Gasteiger partial charge in [0.25, 0.3) is 0 Å². The molecular formula is C18H25BrN2O2. The van der Waals surface area contributed by atoms with Crippen molar-refractivity contribution < 1.29 is 9.53 Å². The third-order valence-corrected chi connectivity index (χ3v) is 3.97. The van der Waals surface area contributed by atoms with E-state index in [1.165, 1.54) is 5.56 Å². The van der Waals surface area contributed by atoms with E-state index in [0.29, 0.717) is 5.92 Å². The van der Waals surface area contributed by atoms with Crippen molar-refractivity contribution in [2.75, 3.05) is 0 Å². The number of halogens is 1. The SMILES string of the molecule is CC(C)C[C@@H](NC(=O)OC(C)(C)C)C1=Nc2ccc(Br)cc2C1. The Kier molecular flexibility index (Phi) is 5.50. The number of alkyl carbamates (subject to hydrolysis) is 1. The van der Waals surface area contributed by atoms with Crippen LogP contribution in [-0.4, -0.2) is 23.4 Å². The number of nitrogens with zero attached hydrogens (tertiary/aromatic N) is 1. The molecule has 0 fully saturated rings. The lowest BCUT2D eigenvalue weighted by atomic mass is 9.97. The van der Waals surface area contributed by atoms with Crippen molar-refractivity contribution in [2.45, 2.75) is 59.1 Å². The minimum Gasteiger partial charge on any atom is -0.444 e. The summed E-state index contributed by atoms with van der Waals surface area (Å²) in [7, 11) is 0. The lowest BCUT2D eigenvalue weighted by molar-refractivity contribution is 0.0514. The van der Waals surface area contributed by atoms with Crippen molar-refractivity contribution in [2.24, 2.45) is 10.9 Å². The quantitative estimate of drug-likeness (QED) is 0.797. The van der Waals surface area contributed by atoms with Crippen LogP contribution in [0.15, 0.2) is 27.7 Å². The fourth-order valence-electron chi connectivity index (χ4n) is 2.59. The fraction of sp³-hybridized carbons (Fsp3) is 0.556. The molecule has 1 N–H and O–H groups in total. The molecule has 1 heterocycles. The first-order valence-electron chi connectivity index (χ1n) is 7.99. The lowest BCUT2D eigenvalue weighted by Gasteiger charge is -2.24. The molecule has 0 aromatic heterocycles. The zero-order chi connectivity index (χ0) is 17.2. The Morgan fingerprint density at radius 1 is 1.39 bits per heavy atom. The highest BCUT2D eigenvalue weighted by atomic mass is 79.9. The molecule has 2 rings (SSSR count). The van der Waals surface area contributed by atoms with Crippen LogP contribution in [0.25, 0.3) is 0 Å². The number of fused-ring (bicyclic) bond motifs is 1. The maximum atomic E-state index is 12.1. The Labute approximate surface area is 146 Å². The van der Waals surface area contributed by atoms with Crippen molar-refractivity contribution in [1.82, 2.24) is 5.32 Å². The van der Waals surface area contributed by atoms with Crippen LogP contribution >= 0.6 is 15.9 Å². The molecular weight excluding hydrogens is 356 g/mol. The number of nitrogens with one attached hydrogen (secondary N) is 1. The molecule has 0 unspecified atom stereocenters. The Morgan fingerprint density at radius 3 is 2.70 bits per heavy atom. The second-order valence-electron chi connectivity index (χ2n) is 7.38. The van der Waals surface area contributed by atoms with Crippen molar-refractivity contribution in [1.29, 1.82) is 0 Å². The zero-order valence-electron chi connectivity index (χ0n) is 14.4. The van der Waals surface area contributed by atoms with Crippen molar-refractivity contribution in [3.8, 4) is 0 Å². The highest BCUT2D eigenvalue weighted by Crippen LogP contribution is 2.31. The smallest absolute Gasteiger partial charge is 0.408 e. The molecule has 0 saturated carbocycles. The van der Waals surface area contributed by atoms with Gasteiger partial charge in [-0.1, -0.05) is 29.8 Å². The van der Waals surface area contributed by atoms with Crippen LogP contribution in [0, 0.1) is 5.92 Å². The largest absolute Gasteiger partial charge is 0.444 e. The topological polar surface area (TPSA) is 50.7 Å². The molecule has 23 heavy (non-hydrogen) atoms. The van der Waals surface area contributed by atoms with E-state index in [1.807, 2.05) is 32.9 Å². The van der Waals surface area contributed by atoms with Crippen LogP contribution in [0.4, 0.5) is 10.5 Å². The highest BCUT2D eigenvalue weighted by molar-refractivity contribution is 9.10. The molecule has 0 radical (unpaired) electrons. The molecule has 1 atom stereocenters. The lowest BCUT2D eigenvalue weighted by Crippen LogP contribution is -2.44. The molecule has 4 nitrogen and oxygen atoms in total. The number of amides is 1. The maximum absolute atomic E-state index is 12.1. The number of ether oxygens (including phenoxy) is 1. The summed E-state index contributed by atoms with van der Waals surface area (Å²) >= 11 is 3.49. The van der Waals surface area contributed by atoms with Gasteiger partial charge in [0.1, 0.15) is 5.60 Å². The molecule has 0 spiro atoms. The number of benzene rings is 1. The highest BCUT2D eigenvalue weighted by Gasteiger charge is 2.27. The van der Waals surface area contributed by atoms with Gasteiger partial charge in [0.05, 0.1) is 11.7 Å². The van der Waals surface area contributed by atoms with E-state index in [0.717, 1.165) is 28.7 Å². The van der Waals surface area contributed by atoms with Gasteiger partial charge in [0, 0.05) is 16.6 Å². The van der Waals surface area contributed by atoms with Gasteiger partial charge in [-0.25, -0.2) is 4.79 Å². The van der Waals surface area contributed by atoms with Crippen LogP contribution in [0.2, 0.25) is 0 Å². The van der Waals surface area contributed by atoms with Crippen LogP contribution in [0.1, 0.15) is 46.6 Å². The first-order valence-corrected chi connectivity index (χ1v) is 8.79. The average molecular weight is 381 g/mol. The first-order chi connectivity index (χ1) is 10.6. The van der Waals surface area contributed by atoms with Crippen LogP contribution in [0.5, 0.6) is 0 Å². The minimum absolute atomic E-state index is 0.101. The third-order valence-electron chi connectivity index (χ3n) is 3.48. The monoisotopic (exact) mass is 380 g/mol. The summed E-state index contributed by atoms with van der Waals surface area (Å²) in [6.45, 7) is 9.88. The molecule has 0 bridgehead atoms. The van der Waals surface area contributed by atoms with Gasteiger partial charge in [-0.3, -0.25) is 4.99 Å². The maximum Gasteiger partial charge on any atom is 0.408 e. The standard InChI is InChI=1S/C18H25BrN2O2/c1-11(2)8-15(21-17(22)23-18(3,4)5)16-10-12-9-13(19)6-7-14(12)20-16/h6-7,9,11,15H,8,10H2,1-5H3,(H,21,22)/t15-/m1/s1. The Bertz CT molecular complexity index is 618. The van der Waals surface area contributed by atoms with Crippen LogP contribution in [-0.2, 0) is 11.2 Å². The molecule has 1 aromatic rings. The van der Waals surface area contributed by atoms with E-state index in [2.05, 4.69) is 41.2 Å². The predicted molar refractivity (Wildman–Crippen MR) is 97.6 cm³/mol. The van der Waals surface area contributed by atoms with E-state index < -0.39 is 5.60 Å². The molecule has 0 aliphatic carbocycles. The number of aliphatic imine (C=N–C) groups is 1. The predicted octanol–water partition coefficient (Wildman–Crippen LogP) is 5.02. The van der Waals surface area contributed by atoms with E-state index in [9.17, 15) is 4.79 Å². The summed E-state index contributed by atoms with van der Waals surface area (Å²) in [6.07, 6.45) is 1.22. The fourth-order valence-corrected chi connectivity index (χ4v) is 3.00. The summed E-state index contributed by atoms with van der Waals surface area (Å²) in [6, 6.07) is 5.98. The number of carbonyl (C=O) groups is 1. The summed E-state index contributed by atoms with van der Waals surface area (Å²) in [4.78, 5) is 16.9. The molecule has 0 saturated heterocycles. The van der Waals surface area contributed by atoms with E-state index in [4.69, 9.17) is 9.73 Å². The van der Waals surface area contributed by atoms with Crippen LogP contribution < -0.4 is 5.32 Å². The Hall–Kier alpha value is -1.36. The summed E-state index contributed by atoms with van der Waals surface area (Å²) in [5.74, 6) is 0.452. The number of rotatable bonds is 4. The number of hydrogen-bond donors (Lipinski definition) is 1. The summed E-state index contributed by atoms with van der Waals surface area (Å²) < 4.78 is 6.44. The van der Waals surface area contributed by atoms with E-state index >= 15 is 0 Å². The molecule has 5 heteroatoms. The van der Waals surface area contributed by atoms with Gasteiger partial charge in [-0.2, -0.15) is 0 Å². The van der Waals surface area contributed by atoms with Crippen molar-refractivity contribution >= 4 is 33.4 Å². The van der Waals surface area contributed by atoms with E-state index in [1.54, 1.807) is 0 Å². The summed E-state index contributed by atoms with van der Waals surface area (Å²) in [5, 5.41) is 2.99. The van der Waals surface area contributed by atoms with Crippen molar-refractivity contribution in [3.05, 3.63) is 28.2 Å². The minimum atomic E-state index is -0.502. The van der Waals surface area contributed by atoms with Gasteiger partial charge >= 0.3 is 6.09 Å².